The Morgan fingerprint density at radius 2 is 1.85 bits per heavy atom. The molecule has 1 saturated heterocycles. The Bertz CT molecular complexity index is 581. The molecule has 6 nitrogen and oxygen atoms in total. The molecule has 1 aromatic heterocycles. The molecule has 2 amide bonds. The highest BCUT2D eigenvalue weighted by Crippen LogP contribution is 2.18. The fourth-order valence-corrected chi connectivity index (χ4v) is 2.99. The van der Waals surface area contributed by atoms with Crippen LogP contribution in [0.15, 0.2) is 18.3 Å². The number of anilines is 1. The highest BCUT2D eigenvalue weighted by molar-refractivity contribution is 5.84. The van der Waals surface area contributed by atoms with Crippen molar-refractivity contribution in [3.63, 3.8) is 0 Å². The van der Waals surface area contributed by atoms with Gasteiger partial charge in [0.15, 0.2) is 0 Å². The summed E-state index contributed by atoms with van der Waals surface area (Å²) >= 11 is 0. The molecule has 1 aliphatic rings. The van der Waals surface area contributed by atoms with Crippen molar-refractivity contribution in [1.29, 1.82) is 0 Å². The van der Waals surface area contributed by atoms with E-state index < -0.39 is 0 Å². The molecule has 2 N–H and O–H groups in total. The Hall–Kier alpha value is -2.11. The number of amides is 2. The second-order valence-corrected chi connectivity index (χ2v) is 7.41. The van der Waals surface area contributed by atoms with Crippen LogP contribution in [0.4, 0.5) is 5.82 Å². The molecule has 0 radical (unpaired) electrons. The molecule has 0 unspecified atom stereocenters. The largest absolute Gasteiger partial charge is 0.357 e. The molecule has 6 heteroatoms. The first-order chi connectivity index (χ1) is 12.5. The Labute approximate surface area is 156 Å². The lowest BCUT2D eigenvalue weighted by Gasteiger charge is -2.21. The van der Waals surface area contributed by atoms with Crippen molar-refractivity contribution >= 4 is 17.6 Å². The molecule has 0 spiro atoms. The van der Waals surface area contributed by atoms with E-state index >= 15 is 0 Å². The summed E-state index contributed by atoms with van der Waals surface area (Å²) in [7, 11) is 0. The van der Waals surface area contributed by atoms with E-state index in [1.165, 1.54) is 25.7 Å². The number of carbonyl (C=O) groups is 2. The minimum absolute atomic E-state index is 0.0288. The van der Waals surface area contributed by atoms with Crippen molar-refractivity contribution in [3.8, 4) is 0 Å². The molecule has 2 heterocycles. The van der Waals surface area contributed by atoms with Gasteiger partial charge < -0.3 is 15.5 Å². The highest BCUT2D eigenvalue weighted by Gasteiger charge is 2.12. The van der Waals surface area contributed by atoms with Crippen LogP contribution >= 0.6 is 0 Å². The standard InChI is InChI=1S/C20H32N4O2/c1-16(2)7-8-19(25)23-15-20(26)22-14-17-9-10-21-18(13-17)24-11-5-3-4-6-12-24/h9-10,13,16H,3-8,11-12,14-15H2,1-2H3,(H,22,26)(H,23,25). The predicted molar refractivity (Wildman–Crippen MR) is 104 cm³/mol. The molecule has 0 saturated carbocycles. The van der Waals surface area contributed by atoms with E-state index in [1.54, 1.807) is 6.20 Å². The third kappa shape index (κ3) is 7.42. The van der Waals surface area contributed by atoms with E-state index in [4.69, 9.17) is 0 Å². The van der Waals surface area contributed by atoms with Gasteiger partial charge in [0, 0.05) is 32.3 Å². The zero-order chi connectivity index (χ0) is 18.8. The lowest BCUT2D eigenvalue weighted by molar-refractivity contribution is -0.126. The molecule has 144 valence electrons. The van der Waals surface area contributed by atoms with Crippen LogP contribution in [0.25, 0.3) is 0 Å². The van der Waals surface area contributed by atoms with Crippen LogP contribution in [-0.2, 0) is 16.1 Å². The van der Waals surface area contributed by atoms with Crippen LogP contribution in [0, 0.1) is 5.92 Å². The Morgan fingerprint density at radius 1 is 1.12 bits per heavy atom. The molecule has 26 heavy (non-hydrogen) atoms. The summed E-state index contributed by atoms with van der Waals surface area (Å²) in [4.78, 5) is 30.4. The number of nitrogens with zero attached hydrogens (tertiary/aromatic N) is 2. The molecule has 0 aliphatic carbocycles. The van der Waals surface area contributed by atoms with Gasteiger partial charge in [0.2, 0.25) is 11.8 Å². The maximum absolute atomic E-state index is 11.9. The SMILES string of the molecule is CC(C)CCC(=O)NCC(=O)NCc1ccnc(N2CCCCCC2)c1. The van der Waals surface area contributed by atoms with Crippen LogP contribution in [-0.4, -0.2) is 36.4 Å². The van der Waals surface area contributed by atoms with Gasteiger partial charge in [0.1, 0.15) is 5.82 Å². The molecule has 0 atom stereocenters. The van der Waals surface area contributed by atoms with Crippen molar-refractivity contribution in [2.75, 3.05) is 24.5 Å². The van der Waals surface area contributed by atoms with Crippen molar-refractivity contribution in [1.82, 2.24) is 15.6 Å². The monoisotopic (exact) mass is 360 g/mol. The summed E-state index contributed by atoms with van der Waals surface area (Å²) in [6.45, 7) is 6.73. The van der Waals surface area contributed by atoms with E-state index in [9.17, 15) is 9.59 Å². The van der Waals surface area contributed by atoms with E-state index in [0.717, 1.165) is 30.9 Å². The zero-order valence-electron chi connectivity index (χ0n) is 16.1. The van der Waals surface area contributed by atoms with Gasteiger partial charge in [-0.2, -0.15) is 0 Å². The number of pyridine rings is 1. The lowest BCUT2D eigenvalue weighted by atomic mass is 10.1. The third-order valence-corrected chi connectivity index (χ3v) is 4.62. The summed E-state index contributed by atoms with van der Waals surface area (Å²) in [6, 6.07) is 3.97. The van der Waals surface area contributed by atoms with Crippen molar-refractivity contribution in [2.45, 2.75) is 58.9 Å². The molecule has 0 bridgehead atoms. The maximum Gasteiger partial charge on any atom is 0.239 e. The summed E-state index contributed by atoms with van der Waals surface area (Å²) in [6.07, 6.45) is 8.09. The van der Waals surface area contributed by atoms with Crippen LogP contribution in [0.1, 0.15) is 57.9 Å². The van der Waals surface area contributed by atoms with Crippen molar-refractivity contribution < 1.29 is 9.59 Å². The fraction of sp³-hybridized carbons (Fsp3) is 0.650. The smallest absolute Gasteiger partial charge is 0.239 e. The molecule has 0 aromatic carbocycles. The first-order valence-electron chi connectivity index (χ1n) is 9.78. The average molecular weight is 361 g/mol. The minimum atomic E-state index is -0.170. The topological polar surface area (TPSA) is 74.3 Å². The van der Waals surface area contributed by atoms with E-state index in [2.05, 4.69) is 34.4 Å². The second kappa shape index (κ2) is 10.8. The maximum atomic E-state index is 11.9. The van der Waals surface area contributed by atoms with Crippen molar-refractivity contribution in [2.24, 2.45) is 5.92 Å². The van der Waals surface area contributed by atoms with Crippen LogP contribution in [0.3, 0.4) is 0 Å². The Kier molecular flexibility index (Phi) is 8.38. The van der Waals surface area contributed by atoms with Crippen LogP contribution < -0.4 is 15.5 Å². The summed E-state index contributed by atoms with van der Waals surface area (Å²) in [5.41, 5.74) is 1.03. The first-order valence-corrected chi connectivity index (χ1v) is 9.78. The number of carbonyl (C=O) groups excluding carboxylic acids is 2. The quantitative estimate of drug-likeness (QED) is 0.747. The average Bonchev–Trinajstić information content (AvgIpc) is 2.92. The molecular weight excluding hydrogens is 328 g/mol. The van der Waals surface area contributed by atoms with Crippen molar-refractivity contribution in [3.05, 3.63) is 23.9 Å². The van der Waals surface area contributed by atoms with Gasteiger partial charge >= 0.3 is 0 Å². The first kappa shape index (κ1) is 20.2. The molecular formula is C20H32N4O2. The number of hydrogen-bond acceptors (Lipinski definition) is 4. The van der Waals surface area contributed by atoms with Gasteiger partial charge in [-0.15, -0.1) is 0 Å². The van der Waals surface area contributed by atoms with Gasteiger partial charge in [-0.3, -0.25) is 9.59 Å². The Balaban J connectivity index is 1.75. The third-order valence-electron chi connectivity index (χ3n) is 4.62. The van der Waals surface area contributed by atoms with Gasteiger partial charge in [-0.05, 0) is 42.9 Å². The molecule has 1 aliphatic heterocycles. The zero-order valence-corrected chi connectivity index (χ0v) is 16.1. The van der Waals surface area contributed by atoms with Crippen LogP contribution in [0.5, 0.6) is 0 Å². The van der Waals surface area contributed by atoms with Crippen LogP contribution in [0.2, 0.25) is 0 Å². The number of aromatic nitrogens is 1. The summed E-state index contributed by atoms with van der Waals surface area (Å²) in [5, 5.41) is 5.53. The summed E-state index contributed by atoms with van der Waals surface area (Å²) < 4.78 is 0. The molecule has 1 fully saturated rings. The minimum Gasteiger partial charge on any atom is -0.357 e. The fourth-order valence-electron chi connectivity index (χ4n) is 2.99. The number of rotatable bonds is 8. The normalized spacial score (nSPS) is 14.8. The van der Waals surface area contributed by atoms with Gasteiger partial charge in [-0.1, -0.05) is 26.7 Å². The highest BCUT2D eigenvalue weighted by atomic mass is 16.2. The predicted octanol–water partition coefficient (Wildman–Crippen LogP) is 2.63. The number of hydrogen-bond donors (Lipinski definition) is 2. The summed E-state index contributed by atoms with van der Waals surface area (Å²) in [5.74, 6) is 1.23. The van der Waals surface area contributed by atoms with E-state index in [0.29, 0.717) is 18.9 Å². The number of nitrogens with one attached hydrogen (secondary N) is 2. The van der Waals surface area contributed by atoms with E-state index in [1.807, 2.05) is 12.1 Å². The van der Waals surface area contributed by atoms with Gasteiger partial charge in [0.05, 0.1) is 6.54 Å². The molecule has 2 rings (SSSR count). The van der Waals surface area contributed by atoms with Gasteiger partial charge in [-0.25, -0.2) is 4.98 Å². The Morgan fingerprint density at radius 3 is 2.54 bits per heavy atom. The molecule has 1 aromatic rings. The van der Waals surface area contributed by atoms with Gasteiger partial charge in [0.25, 0.3) is 0 Å². The lowest BCUT2D eigenvalue weighted by Crippen LogP contribution is -2.36. The van der Waals surface area contributed by atoms with E-state index in [-0.39, 0.29) is 18.4 Å². The second-order valence-electron chi connectivity index (χ2n) is 7.41.